The molecule has 1 unspecified atom stereocenters. The van der Waals surface area contributed by atoms with E-state index in [1.807, 2.05) is 12.5 Å². The summed E-state index contributed by atoms with van der Waals surface area (Å²) in [5.74, 6) is 1.24. The lowest BCUT2D eigenvalue weighted by atomic mass is 10.1. The maximum absolute atomic E-state index is 4.12. The molecule has 0 spiro atoms. The van der Waals surface area contributed by atoms with Gasteiger partial charge in [0, 0.05) is 24.2 Å². The Morgan fingerprint density at radius 2 is 1.59 bits per heavy atom. The van der Waals surface area contributed by atoms with E-state index < -0.39 is 0 Å². The lowest BCUT2D eigenvalue weighted by Gasteiger charge is -2.16. The Kier molecular flexibility index (Phi) is 12.6. The van der Waals surface area contributed by atoms with Crippen molar-refractivity contribution in [3.05, 3.63) is 18.7 Å². The fourth-order valence-electron chi connectivity index (χ4n) is 2.94. The zero-order valence-corrected chi connectivity index (χ0v) is 15.6. The van der Waals surface area contributed by atoms with Crippen LogP contribution in [0.5, 0.6) is 0 Å². The van der Waals surface area contributed by atoms with Gasteiger partial charge in [0.25, 0.3) is 0 Å². The first-order valence-corrected chi connectivity index (χ1v) is 10.5. The largest absolute Gasteiger partial charge is 0.337 e. The van der Waals surface area contributed by atoms with Gasteiger partial charge in [0.15, 0.2) is 0 Å². The average molecular weight is 325 g/mol. The topological polar surface area (TPSA) is 17.8 Å². The smallest absolute Gasteiger partial charge is 0.0945 e. The number of nitrogens with zero attached hydrogens (tertiary/aromatic N) is 2. The highest BCUT2D eigenvalue weighted by molar-refractivity contribution is 7.99. The monoisotopic (exact) mass is 324 g/mol. The Morgan fingerprint density at radius 1 is 0.909 bits per heavy atom. The van der Waals surface area contributed by atoms with Crippen molar-refractivity contribution in [1.29, 1.82) is 0 Å². The highest BCUT2D eigenvalue weighted by atomic mass is 32.2. The van der Waals surface area contributed by atoms with E-state index in [1.54, 1.807) is 0 Å². The van der Waals surface area contributed by atoms with Crippen LogP contribution in [-0.2, 0) is 6.54 Å². The number of hydrogen-bond donors (Lipinski definition) is 0. The summed E-state index contributed by atoms with van der Waals surface area (Å²) in [6, 6.07) is 0. The van der Waals surface area contributed by atoms with Crippen molar-refractivity contribution in [3.63, 3.8) is 0 Å². The number of unbranched alkanes of at least 4 members (excludes halogenated alkanes) is 8. The van der Waals surface area contributed by atoms with Crippen LogP contribution in [0.15, 0.2) is 18.7 Å². The van der Waals surface area contributed by atoms with E-state index >= 15 is 0 Å². The number of rotatable bonds is 15. The third-order valence-corrected chi connectivity index (χ3v) is 5.58. The Hall–Kier alpha value is -0.440. The molecule has 0 radical (unpaired) electrons. The number of hydrogen-bond acceptors (Lipinski definition) is 2. The maximum atomic E-state index is 4.12. The first-order chi connectivity index (χ1) is 10.9. The summed E-state index contributed by atoms with van der Waals surface area (Å²) in [6.07, 6.45) is 21.4. The number of aromatic nitrogens is 2. The van der Waals surface area contributed by atoms with Gasteiger partial charge in [-0.2, -0.15) is 11.8 Å². The van der Waals surface area contributed by atoms with Gasteiger partial charge in [-0.15, -0.1) is 0 Å². The number of imidazole rings is 1. The Labute approximate surface area is 142 Å². The molecule has 22 heavy (non-hydrogen) atoms. The van der Waals surface area contributed by atoms with Crippen LogP contribution >= 0.6 is 11.8 Å². The summed E-state index contributed by atoms with van der Waals surface area (Å²) >= 11 is 2.14. The molecule has 3 heteroatoms. The van der Waals surface area contributed by atoms with Crippen LogP contribution in [0.1, 0.15) is 84.5 Å². The summed E-state index contributed by atoms with van der Waals surface area (Å²) in [4.78, 5) is 4.12. The van der Waals surface area contributed by atoms with Gasteiger partial charge < -0.3 is 4.57 Å². The molecule has 1 heterocycles. The van der Waals surface area contributed by atoms with Gasteiger partial charge in [0.1, 0.15) is 0 Å². The minimum Gasteiger partial charge on any atom is -0.337 e. The lowest BCUT2D eigenvalue weighted by Crippen LogP contribution is -2.08. The maximum Gasteiger partial charge on any atom is 0.0945 e. The Balaban J connectivity index is 1.99. The molecule has 0 aromatic carbocycles. The van der Waals surface area contributed by atoms with Crippen molar-refractivity contribution in [2.24, 2.45) is 0 Å². The van der Waals surface area contributed by atoms with Gasteiger partial charge in [-0.1, -0.05) is 71.6 Å². The average Bonchev–Trinajstić information content (AvgIpc) is 3.04. The molecular formula is C19H36N2S. The summed E-state index contributed by atoms with van der Waals surface area (Å²) in [5, 5.41) is 0.831. The van der Waals surface area contributed by atoms with Gasteiger partial charge in [-0.25, -0.2) is 4.98 Å². The zero-order chi connectivity index (χ0) is 15.9. The summed E-state index contributed by atoms with van der Waals surface area (Å²) < 4.78 is 2.21. The van der Waals surface area contributed by atoms with Crippen molar-refractivity contribution < 1.29 is 0 Å². The molecule has 0 aliphatic rings. The van der Waals surface area contributed by atoms with Crippen LogP contribution in [0.4, 0.5) is 0 Å². The van der Waals surface area contributed by atoms with Crippen LogP contribution in [-0.4, -0.2) is 20.6 Å². The van der Waals surface area contributed by atoms with E-state index in [0.717, 1.165) is 11.8 Å². The van der Waals surface area contributed by atoms with E-state index in [2.05, 4.69) is 41.4 Å². The van der Waals surface area contributed by atoms with E-state index in [4.69, 9.17) is 0 Å². The predicted molar refractivity (Wildman–Crippen MR) is 101 cm³/mol. The van der Waals surface area contributed by atoms with E-state index in [9.17, 15) is 0 Å². The van der Waals surface area contributed by atoms with Crippen molar-refractivity contribution in [3.8, 4) is 0 Å². The number of thioether (sulfide) groups is 1. The molecule has 0 saturated heterocycles. The van der Waals surface area contributed by atoms with Crippen LogP contribution < -0.4 is 0 Å². The van der Waals surface area contributed by atoms with Crippen molar-refractivity contribution in [2.45, 2.75) is 96.3 Å². The third-order valence-electron chi connectivity index (χ3n) is 4.30. The van der Waals surface area contributed by atoms with E-state index in [0.29, 0.717) is 0 Å². The van der Waals surface area contributed by atoms with Gasteiger partial charge in [-0.05, 0) is 18.6 Å². The fourth-order valence-corrected chi connectivity index (χ4v) is 4.02. The highest BCUT2D eigenvalue weighted by Crippen LogP contribution is 2.22. The molecule has 0 saturated carbocycles. The minimum atomic E-state index is 0.831. The van der Waals surface area contributed by atoms with Crippen LogP contribution in [0, 0.1) is 0 Å². The van der Waals surface area contributed by atoms with Crippen LogP contribution in [0.25, 0.3) is 0 Å². The van der Waals surface area contributed by atoms with Crippen LogP contribution in [0.3, 0.4) is 0 Å². The van der Waals surface area contributed by atoms with Crippen LogP contribution in [0.2, 0.25) is 0 Å². The second kappa shape index (κ2) is 14.2. The SMILES string of the molecule is CCCCCCCCCCCC(CCn1ccnc1)SCC. The first kappa shape index (κ1) is 19.6. The van der Waals surface area contributed by atoms with Gasteiger partial charge in [0.05, 0.1) is 6.33 Å². The molecule has 0 N–H and O–H groups in total. The molecule has 0 aliphatic heterocycles. The summed E-state index contributed by atoms with van der Waals surface area (Å²) in [7, 11) is 0. The van der Waals surface area contributed by atoms with Crippen molar-refractivity contribution in [2.75, 3.05) is 5.75 Å². The molecule has 128 valence electrons. The van der Waals surface area contributed by atoms with Gasteiger partial charge >= 0.3 is 0 Å². The summed E-state index contributed by atoms with van der Waals surface area (Å²) in [5.41, 5.74) is 0. The lowest BCUT2D eigenvalue weighted by molar-refractivity contribution is 0.535. The predicted octanol–water partition coefficient (Wildman–Crippen LogP) is 6.32. The molecule has 1 rings (SSSR count). The van der Waals surface area contributed by atoms with Crippen molar-refractivity contribution >= 4 is 11.8 Å². The molecule has 0 bridgehead atoms. The fraction of sp³-hybridized carbons (Fsp3) is 0.842. The second-order valence-electron chi connectivity index (χ2n) is 6.28. The standard InChI is InChI=1S/C19H36N2S/c1-3-5-6-7-8-9-10-11-12-13-19(22-4-2)14-16-21-17-15-20-18-21/h15,17-19H,3-14,16H2,1-2H3. The molecule has 0 fully saturated rings. The van der Waals surface area contributed by atoms with Gasteiger partial charge in [-0.3, -0.25) is 0 Å². The second-order valence-corrected chi connectivity index (χ2v) is 7.86. The van der Waals surface area contributed by atoms with Crippen molar-refractivity contribution in [1.82, 2.24) is 9.55 Å². The quantitative estimate of drug-likeness (QED) is 0.351. The molecule has 0 aliphatic carbocycles. The minimum absolute atomic E-state index is 0.831. The third kappa shape index (κ3) is 10.3. The van der Waals surface area contributed by atoms with E-state index in [1.165, 1.54) is 76.4 Å². The first-order valence-electron chi connectivity index (χ1n) is 9.44. The molecule has 0 amide bonds. The molecular weight excluding hydrogens is 288 g/mol. The number of aryl methyl sites for hydroxylation is 1. The molecule has 2 nitrogen and oxygen atoms in total. The Morgan fingerprint density at radius 3 is 2.18 bits per heavy atom. The molecule has 1 aromatic heterocycles. The Bertz CT molecular complexity index is 324. The molecule has 1 atom stereocenters. The summed E-state index contributed by atoms with van der Waals surface area (Å²) in [6.45, 7) is 5.69. The highest BCUT2D eigenvalue weighted by Gasteiger charge is 2.08. The van der Waals surface area contributed by atoms with Gasteiger partial charge in [0.2, 0.25) is 0 Å². The molecule has 1 aromatic rings. The van der Waals surface area contributed by atoms with E-state index in [-0.39, 0.29) is 0 Å². The zero-order valence-electron chi connectivity index (χ0n) is 14.8. The normalized spacial score (nSPS) is 12.6.